The fourth-order valence-corrected chi connectivity index (χ4v) is 7.04. The molecule has 1 aliphatic rings. The van der Waals surface area contributed by atoms with Gasteiger partial charge in [0.1, 0.15) is 6.04 Å². The van der Waals surface area contributed by atoms with Crippen LogP contribution in [0.4, 0.5) is 5.69 Å². The number of methoxy groups -OCH3 is 3. The summed E-state index contributed by atoms with van der Waals surface area (Å²) in [5.74, 6) is 1.12. The number of fused-ring (bicyclic) bond motifs is 3. The van der Waals surface area contributed by atoms with Crippen molar-refractivity contribution in [2.75, 3.05) is 33.2 Å². The van der Waals surface area contributed by atoms with Crippen molar-refractivity contribution in [3.63, 3.8) is 0 Å². The van der Waals surface area contributed by atoms with Crippen molar-refractivity contribution >= 4 is 17.5 Å². The summed E-state index contributed by atoms with van der Waals surface area (Å²) in [4.78, 5) is 40.3. The monoisotopic (exact) mass is 691 g/mol. The zero-order valence-electron chi connectivity index (χ0n) is 30.4. The second-order valence-electron chi connectivity index (χ2n) is 13.1. The second kappa shape index (κ2) is 17.1. The van der Waals surface area contributed by atoms with Gasteiger partial charge in [-0.05, 0) is 71.2 Å². The van der Waals surface area contributed by atoms with Gasteiger partial charge in [-0.15, -0.1) is 0 Å². The van der Waals surface area contributed by atoms with Crippen molar-refractivity contribution in [2.24, 2.45) is 5.92 Å². The van der Waals surface area contributed by atoms with Gasteiger partial charge < -0.3 is 30.2 Å². The fraction of sp³-hybridized carbons (Fsp3) is 0.357. The van der Waals surface area contributed by atoms with E-state index in [2.05, 4.69) is 40.2 Å². The number of rotatable bonds is 14. The van der Waals surface area contributed by atoms with Gasteiger partial charge in [-0.2, -0.15) is 0 Å². The predicted octanol–water partition coefficient (Wildman–Crippen LogP) is 7.03. The Balaban J connectivity index is 1.48. The molecule has 9 heteroatoms. The van der Waals surface area contributed by atoms with E-state index in [1.165, 1.54) is 18.1 Å². The Morgan fingerprint density at radius 1 is 0.863 bits per heavy atom. The standard InChI is InChI=1S/C42H49N3O6/c1-7-26(2)39(42(48)43-23-22-31(28-14-10-8-11-15-28)29-16-12-9-13-17-29)45-35-21-19-32-33(25-36(35)47)34(44-27(3)46)20-18-30-24-37(49-4)40(50-5)41(51-6)38(30)32/h8-17,19,21,24-26,31,34,39H,7,18,20,22-23H2,1-6H3,(H,43,48)(H,44,46)(H,45,47). The first-order valence-electron chi connectivity index (χ1n) is 17.6. The number of carbonyl (C=O) groups is 2. The van der Waals surface area contributed by atoms with Gasteiger partial charge in [0.15, 0.2) is 11.5 Å². The van der Waals surface area contributed by atoms with Gasteiger partial charge in [-0.3, -0.25) is 14.4 Å². The first-order valence-corrected chi connectivity index (χ1v) is 17.6. The zero-order valence-corrected chi connectivity index (χ0v) is 30.4. The molecule has 0 heterocycles. The lowest BCUT2D eigenvalue weighted by molar-refractivity contribution is -0.123. The number of carbonyl (C=O) groups excluding carboxylic acids is 2. The summed E-state index contributed by atoms with van der Waals surface area (Å²) in [5.41, 5.74) is 5.46. The Bertz CT molecular complexity index is 1840. The summed E-state index contributed by atoms with van der Waals surface area (Å²) in [7, 11) is 4.70. The van der Waals surface area contributed by atoms with E-state index in [0.717, 1.165) is 23.1 Å². The number of hydrogen-bond acceptors (Lipinski definition) is 7. The Hall–Kier alpha value is -5.31. The van der Waals surface area contributed by atoms with Crippen LogP contribution in [0.5, 0.6) is 17.2 Å². The Morgan fingerprint density at radius 3 is 2.08 bits per heavy atom. The quantitative estimate of drug-likeness (QED) is 0.130. The highest BCUT2D eigenvalue weighted by atomic mass is 16.5. The number of amides is 2. The molecule has 3 atom stereocenters. The van der Waals surface area contributed by atoms with Gasteiger partial charge in [0.05, 0.1) is 33.1 Å². The molecule has 3 unspecified atom stereocenters. The lowest BCUT2D eigenvalue weighted by atomic mass is 9.88. The molecule has 0 saturated heterocycles. The van der Waals surface area contributed by atoms with Gasteiger partial charge in [-0.1, -0.05) is 87.0 Å². The number of hydrogen-bond donors (Lipinski definition) is 3. The van der Waals surface area contributed by atoms with Gasteiger partial charge in [0, 0.05) is 24.9 Å². The molecular weight excluding hydrogens is 642 g/mol. The van der Waals surface area contributed by atoms with Crippen molar-refractivity contribution in [1.82, 2.24) is 10.6 Å². The van der Waals surface area contributed by atoms with Crippen LogP contribution in [0.3, 0.4) is 0 Å². The van der Waals surface area contributed by atoms with E-state index in [9.17, 15) is 14.4 Å². The van der Waals surface area contributed by atoms with Gasteiger partial charge in [0.2, 0.25) is 23.0 Å². The maximum absolute atomic E-state index is 14.0. The third kappa shape index (κ3) is 8.36. The molecule has 4 aromatic carbocycles. The van der Waals surface area contributed by atoms with Crippen LogP contribution < -0.4 is 35.6 Å². The molecule has 5 rings (SSSR count). The zero-order chi connectivity index (χ0) is 36.5. The van der Waals surface area contributed by atoms with Crippen LogP contribution in [-0.2, 0) is 16.0 Å². The minimum absolute atomic E-state index is 0.0727. The molecule has 268 valence electrons. The van der Waals surface area contributed by atoms with Crippen LogP contribution in [0.1, 0.15) is 74.2 Å². The molecule has 3 N–H and O–H groups in total. The van der Waals surface area contributed by atoms with E-state index in [-0.39, 0.29) is 34.8 Å². The Morgan fingerprint density at radius 2 is 1.51 bits per heavy atom. The van der Waals surface area contributed by atoms with Crippen LogP contribution in [-0.4, -0.2) is 45.7 Å². The molecule has 4 aromatic rings. The normalized spacial score (nSPS) is 14.6. The minimum Gasteiger partial charge on any atom is -0.493 e. The number of anilines is 1. The molecular formula is C42H49N3O6. The van der Waals surface area contributed by atoms with E-state index in [4.69, 9.17) is 14.2 Å². The molecule has 0 fully saturated rings. The topological polar surface area (TPSA) is 115 Å². The summed E-state index contributed by atoms with van der Waals surface area (Å²) in [6.07, 6.45) is 2.59. The largest absolute Gasteiger partial charge is 0.493 e. The first-order chi connectivity index (χ1) is 24.7. The van der Waals surface area contributed by atoms with Gasteiger partial charge >= 0.3 is 0 Å². The molecule has 2 amide bonds. The van der Waals surface area contributed by atoms with Crippen molar-refractivity contribution in [2.45, 2.75) is 64.5 Å². The predicted molar refractivity (Wildman–Crippen MR) is 202 cm³/mol. The lowest BCUT2D eigenvalue weighted by Crippen LogP contribution is -2.44. The number of nitrogens with one attached hydrogen (secondary N) is 3. The van der Waals surface area contributed by atoms with E-state index < -0.39 is 12.1 Å². The van der Waals surface area contributed by atoms with Crippen LogP contribution in [0.15, 0.2) is 89.7 Å². The number of ether oxygens (including phenoxy) is 3. The van der Waals surface area contributed by atoms with Crippen molar-refractivity contribution in [1.29, 1.82) is 0 Å². The highest BCUT2D eigenvalue weighted by Crippen LogP contribution is 2.50. The molecule has 0 aliphatic heterocycles. The van der Waals surface area contributed by atoms with Crippen LogP contribution in [0.25, 0.3) is 11.1 Å². The number of benzene rings is 3. The molecule has 0 radical (unpaired) electrons. The van der Waals surface area contributed by atoms with Crippen molar-refractivity contribution < 1.29 is 23.8 Å². The van der Waals surface area contributed by atoms with E-state index in [1.54, 1.807) is 33.5 Å². The summed E-state index contributed by atoms with van der Waals surface area (Å²) in [6.45, 7) is 5.96. The van der Waals surface area contributed by atoms with E-state index in [1.807, 2.05) is 62.4 Å². The fourth-order valence-electron chi connectivity index (χ4n) is 7.04. The van der Waals surface area contributed by atoms with Gasteiger partial charge in [-0.25, -0.2) is 0 Å². The summed E-state index contributed by atoms with van der Waals surface area (Å²) >= 11 is 0. The van der Waals surface area contributed by atoms with Crippen LogP contribution in [0.2, 0.25) is 0 Å². The summed E-state index contributed by atoms with van der Waals surface area (Å²) in [5, 5.41) is 9.53. The average Bonchev–Trinajstić information content (AvgIpc) is 3.39. The summed E-state index contributed by atoms with van der Waals surface area (Å²) in [6, 6.07) is 26.6. The second-order valence-corrected chi connectivity index (χ2v) is 13.1. The lowest BCUT2D eigenvalue weighted by Gasteiger charge is -2.25. The highest BCUT2D eigenvalue weighted by molar-refractivity contribution is 5.86. The molecule has 9 nitrogen and oxygen atoms in total. The molecule has 0 spiro atoms. The first kappa shape index (κ1) is 37.0. The Kier molecular flexibility index (Phi) is 12.4. The van der Waals surface area contributed by atoms with Crippen LogP contribution >= 0.6 is 0 Å². The molecule has 0 aromatic heterocycles. The Labute approximate surface area is 300 Å². The molecule has 51 heavy (non-hydrogen) atoms. The molecule has 1 aliphatic carbocycles. The third-order valence-corrected chi connectivity index (χ3v) is 9.86. The minimum atomic E-state index is -0.658. The van der Waals surface area contributed by atoms with E-state index >= 15 is 0 Å². The van der Waals surface area contributed by atoms with E-state index in [0.29, 0.717) is 48.6 Å². The third-order valence-electron chi connectivity index (χ3n) is 9.86. The smallest absolute Gasteiger partial charge is 0.242 e. The summed E-state index contributed by atoms with van der Waals surface area (Å²) < 4.78 is 17.3. The maximum atomic E-state index is 14.0. The van der Waals surface area contributed by atoms with Crippen LogP contribution in [0, 0.1) is 5.92 Å². The molecule has 0 bridgehead atoms. The molecule has 0 saturated carbocycles. The number of aryl methyl sites for hydroxylation is 1. The van der Waals surface area contributed by atoms with Crippen molar-refractivity contribution in [3.05, 3.63) is 117 Å². The SMILES string of the molecule is CCC(C)C(Nc1ccc2c(cc1=O)C(NC(C)=O)CCc1cc(OC)c(OC)c(OC)c1-2)C(=O)NCCC(c1ccccc1)c1ccccc1. The maximum Gasteiger partial charge on any atom is 0.242 e. The average molecular weight is 692 g/mol. The van der Waals surface area contributed by atoms with Crippen molar-refractivity contribution in [3.8, 4) is 28.4 Å². The van der Waals surface area contributed by atoms with Gasteiger partial charge in [0.25, 0.3) is 0 Å². The highest BCUT2D eigenvalue weighted by Gasteiger charge is 2.30.